The van der Waals surface area contributed by atoms with Crippen LogP contribution in [0.2, 0.25) is 0 Å². The van der Waals surface area contributed by atoms with E-state index in [1.807, 2.05) is 11.5 Å². The average molecular weight is 263 g/mol. The second kappa shape index (κ2) is 4.06. The van der Waals surface area contributed by atoms with E-state index in [4.69, 9.17) is 5.73 Å². The Morgan fingerprint density at radius 3 is 2.71 bits per heavy atom. The highest BCUT2D eigenvalue weighted by Gasteiger charge is 2.31. The van der Waals surface area contributed by atoms with E-state index < -0.39 is 6.36 Å². The number of anilines is 1. The first-order chi connectivity index (χ1) is 7.90. The SMILES string of the molecule is CC[n+]1c(N)sc2cc(OC(F)(F)F)ccc21. The van der Waals surface area contributed by atoms with Crippen LogP contribution in [-0.4, -0.2) is 6.36 Å². The molecule has 1 heterocycles. The van der Waals surface area contributed by atoms with Crippen LogP contribution in [-0.2, 0) is 6.54 Å². The Labute approximate surface area is 99.2 Å². The van der Waals surface area contributed by atoms with E-state index in [0.717, 1.165) is 5.52 Å². The van der Waals surface area contributed by atoms with Gasteiger partial charge in [0.2, 0.25) is 0 Å². The highest BCUT2D eigenvalue weighted by atomic mass is 32.1. The van der Waals surface area contributed by atoms with Gasteiger partial charge < -0.3 is 4.74 Å². The van der Waals surface area contributed by atoms with E-state index >= 15 is 0 Å². The average Bonchev–Trinajstić information content (AvgIpc) is 2.50. The van der Waals surface area contributed by atoms with Gasteiger partial charge in [0.25, 0.3) is 0 Å². The summed E-state index contributed by atoms with van der Waals surface area (Å²) in [5.41, 5.74) is 6.57. The van der Waals surface area contributed by atoms with Gasteiger partial charge in [-0.2, -0.15) is 0 Å². The van der Waals surface area contributed by atoms with Crippen LogP contribution >= 0.6 is 11.3 Å². The molecule has 17 heavy (non-hydrogen) atoms. The van der Waals surface area contributed by atoms with Gasteiger partial charge in [-0.3, -0.25) is 5.73 Å². The van der Waals surface area contributed by atoms with E-state index in [2.05, 4.69) is 4.74 Å². The molecule has 0 radical (unpaired) electrons. The number of hydrogen-bond donors (Lipinski definition) is 1. The Balaban J connectivity index is 2.45. The molecule has 2 rings (SSSR count). The van der Waals surface area contributed by atoms with Crippen LogP contribution in [0.1, 0.15) is 6.92 Å². The quantitative estimate of drug-likeness (QED) is 0.846. The zero-order valence-corrected chi connectivity index (χ0v) is 9.73. The maximum atomic E-state index is 12.0. The van der Waals surface area contributed by atoms with Crippen molar-refractivity contribution in [2.24, 2.45) is 0 Å². The van der Waals surface area contributed by atoms with E-state index in [1.54, 1.807) is 6.07 Å². The first kappa shape index (κ1) is 12.0. The van der Waals surface area contributed by atoms with Crippen molar-refractivity contribution in [3.63, 3.8) is 0 Å². The number of aromatic nitrogens is 1. The number of nitrogens with two attached hydrogens (primary N) is 1. The Bertz CT molecular complexity index is 550. The second-order valence-electron chi connectivity index (χ2n) is 3.36. The van der Waals surface area contributed by atoms with Crippen molar-refractivity contribution >= 4 is 26.7 Å². The molecule has 7 heteroatoms. The molecular weight excluding hydrogens is 253 g/mol. The molecule has 0 aliphatic rings. The number of nitrogen functional groups attached to an aromatic ring is 1. The van der Waals surface area contributed by atoms with Crippen LogP contribution in [0.3, 0.4) is 0 Å². The number of nitrogens with zero attached hydrogens (tertiary/aromatic N) is 1. The van der Waals surface area contributed by atoms with Crippen LogP contribution in [0.25, 0.3) is 10.2 Å². The molecule has 0 bridgehead atoms. The fraction of sp³-hybridized carbons (Fsp3) is 0.300. The number of rotatable bonds is 2. The summed E-state index contributed by atoms with van der Waals surface area (Å²) in [4.78, 5) is 0. The number of benzene rings is 1. The van der Waals surface area contributed by atoms with Gasteiger partial charge in [-0.15, -0.1) is 13.2 Å². The van der Waals surface area contributed by atoms with E-state index in [0.29, 0.717) is 16.4 Å². The summed E-state index contributed by atoms with van der Waals surface area (Å²) >= 11 is 1.24. The van der Waals surface area contributed by atoms with Crippen molar-refractivity contribution in [1.29, 1.82) is 0 Å². The van der Waals surface area contributed by atoms with Crippen molar-refractivity contribution in [3.8, 4) is 5.75 Å². The minimum atomic E-state index is -4.67. The van der Waals surface area contributed by atoms with Gasteiger partial charge >= 0.3 is 11.5 Å². The Morgan fingerprint density at radius 2 is 2.12 bits per heavy atom. The molecule has 92 valence electrons. The molecule has 0 saturated carbocycles. The van der Waals surface area contributed by atoms with Crippen molar-refractivity contribution in [2.45, 2.75) is 19.8 Å². The summed E-state index contributed by atoms with van der Waals surface area (Å²) in [5.74, 6) is -0.227. The largest absolute Gasteiger partial charge is 0.573 e. The number of alkyl halides is 3. The predicted molar refractivity (Wildman–Crippen MR) is 58.8 cm³/mol. The maximum absolute atomic E-state index is 12.0. The number of ether oxygens (including phenoxy) is 1. The Morgan fingerprint density at radius 1 is 1.41 bits per heavy atom. The van der Waals surface area contributed by atoms with E-state index in [9.17, 15) is 13.2 Å². The van der Waals surface area contributed by atoms with Gasteiger partial charge in [0.1, 0.15) is 11.3 Å². The molecule has 0 fully saturated rings. The van der Waals surface area contributed by atoms with Crippen LogP contribution in [0.5, 0.6) is 5.75 Å². The molecule has 1 aromatic heterocycles. The third-order valence-corrected chi connectivity index (χ3v) is 3.23. The van der Waals surface area contributed by atoms with E-state index in [-0.39, 0.29) is 5.75 Å². The molecule has 0 amide bonds. The summed E-state index contributed by atoms with van der Waals surface area (Å²) in [7, 11) is 0. The van der Waals surface area contributed by atoms with Crippen LogP contribution in [0.15, 0.2) is 18.2 Å². The summed E-state index contributed by atoms with van der Waals surface area (Å²) < 4.78 is 42.5. The zero-order chi connectivity index (χ0) is 12.6. The summed E-state index contributed by atoms with van der Waals surface area (Å²) in [5, 5.41) is 0.562. The molecule has 0 spiro atoms. The van der Waals surface area contributed by atoms with Crippen molar-refractivity contribution < 1.29 is 22.5 Å². The van der Waals surface area contributed by atoms with Gasteiger partial charge in [0, 0.05) is 6.07 Å². The van der Waals surface area contributed by atoms with Crippen molar-refractivity contribution in [3.05, 3.63) is 18.2 Å². The lowest BCUT2D eigenvalue weighted by molar-refractivity contribution is -0.649. The lowest BCUT2D eigenvalue weighted by atomic mass is 10.3. The highest BCUT2D eigenvalue weighted by molar-refractivity contribution is 7.21. The third kappa shape index (κ3) is 2.44. The third-order valence-electron chi connectivity index (χ3n) is 2.25. The topological polar surface area (TPSA) is 39.1 Å². The van der Waals surface area contributed by atoms with Crippen LogP contribution < -0.4 is 15.0 Å². The second-order valence-corrected chi connectivity index (χ2v) is 4.42. The Hall–Kier alpha value is -1.50. The van der Waals surface area contributed by atoms with E-state index in [1.165, 1.54) is 23.5 Å². The van der Waals surface area contributed by atoms with Crippen LogP contribution in [0, 0.1) is 0 Å². The summed E-state index contributed by atoms with van der Waals surface area (Å²) in [6.07, 6.45) is -4.67. The minimum Gasteiger partial charge on any atom is -0.406 e. The molecule has 0 saturated heterocycles. The first-order valence-corrected chi connectivity index (χ1v) is 5.70. The molecule has 2 aromatic rings. The summed E-state index contributed by atoms with van der Waals surface area (Å²) in [6, 6.07) is 4.21. The molecule has 0 aliphatic carbocycles. The molecule has 0 aliphatic heterocycles. The lowest BCUT2D eigenvalue weighted by Crippen LogP contribution is -2.33. The molecular formula is C10H10F3N2OS+. The first-order valence-electron chi connectivity index (χ1n) is 4.88. The number of hydrogen-bond acceptors (Lipinski definition) is 3. The van der Waals surface area contributed by atoms with Gasteiger partial charge in [0.15, 0.2) is 0 Å². The monoisotopic (exact) mass is 263 g/mol. The fourth-order valence-corrected chi connectivity index (χ4v) is 2.63. The fourth-order valence-electron chi connectivity index (χ4n) is 1.61. The number of thiazole rings is 1. The van der Waals surface area contributed by atoms with Gasteiger partial charge in [-0.25, -0.2) is 4.57 Å². The standard InChI is InChI=1S/C10H9F3N2OS/c1-2-15-7-4-3-6(16-10(11,12)13)5-8(7)17-9(15)14/h3-5,14H,2H2,1H3/p+1. The zero-order valence-electron chi connectivity index (χ0n) is 8.91. The molecule has 3 nitrogen and oxygen atoms in total. The van der Waals surface area contributed by atoms with Gasteiger partial charge in [0.05, 0.1) is 11.2 Å². The number of aryl methyl sites for hydroxylation is 1. The summed E-state index contributed by atoms with van der Waals surface area (Å²) in [6.45, 7) is 2.59. The van der Waals surface area contributed by atoms with Gasteiger partial charge in [-0.05, 0) is 30.4 Å². The molecule has 2 N–H and O–H groups in total. The number of fused-ring (bicyclic) bond motifs is 1. The van der Waals surface area contributed by atoms with Crippen LogP contribution in [0.4, 0.5) is 18.3 Å². The lowest BCUT2D eigenvalue weighted by Gasteiger charge is -2.07. The maximum Gasteiger partial charge on any atom is 0.573 e. The van der Waals surface area contributed by atoms with Crippen molar-refractivity contribution in [1.82, 2.24) is 0 Å². The predicted octanol–water partition coefficient (Wildman–Crippen LogP) is 2.69. The van der Waals surface area contributed by atoms with Crippen molar-refractivity contribution in [2.75, 3.05) is 5.73 Å². The molecule has 0 atom stereocenters. The minimum absolute atomic E-state index is 0.227. The number of halogens is 3. The smallest absolute Gasteiger partial charge is 0.406 e. The molecule has 1 aromatic carbocycles. The van der Waals surface area contributed by atoms with Gasteiger partial charge in [-0.1, -0.05) is 0 Å². The highest BCUT2D eigenvalue weighted by Crippen LogP contribution is 2.29. The molecule has 0 unspecified atom stereocenters. The Kier molecular flexibility index (Phi) is 2.86. The normalized spacial score (nSPS) is 12.0.